The van der Waals surface area contributed by atoms with Crippen LogP contribution < -0.4 is 10.1 Å². The maximum absolute atomic E-state index is 10.9. The lowest BCUT2D eigenvalue weighted by Gasteiger charge is -2.07. The number of benzene rings is 1. The van der Waals surface area contributed by atoms with Gasteiger partial charge in [-0.15, -0.1) is 0 Å². The van der Waals surface area contributed by atoms with Gasteiger partial charge in [-0.1, -0.05) is 13.0 Å². The van der Waals surface area contributed by atoms with E-state index in [9.17, 15) is 4.79 Å². The molecule has 108 valence electrons. The van der Waals surface area contributed by atoms with Gasteiger partial charge in [-0.25, -0.2) is 0 Å². The van der Waals surface area contributed by atoms with Crippen molar-refractivity contribution >= 4 is 29.2 Å². The van der Waals surface area contributed by atoms with Gasteiger partial charge in [0.1, 0.15) is 11.3 Å². The third-order valence-corrected chi connectivity index (χ3v) is 3.27. The van der Waals surface area contributed by atoms with Crippen molar-refractivity contribution in [2.75, 3.05) is 13.2 Å². The molecule has 2 aromatic rings. The van der Waals surface area contributed by atoms with Crippen molar-refractivity contribution in [3.63, 3.8) is 0 Å². The number of rotatable bonds is 6. The Bertz CT molecular complexity index is 660. The van der Waals surface area contributed by atoms with Gasteiger partial charge < -0.3 is 19.6 Å². The molecule has 20 heavy (non-hydrogen) atoms. The minimum Gasteiger partial charge on any atom is -0.491 e. The Kier molecular flexibility index (Phi) is 4.79. The van der Waals surface area contributed by atoms with Crippen molar-refractivity contribution in [3.05, 3.63) is 23.0 Å². The molecule has 1 heterocycles. The van der Waals surface area contributed by atoms with E-state index >= 15 is 0 Å². The Balaban J connectivity index is 2.29. The van der Waals surface area contributed by atoms with E-state index in [1.54, 1.807) is 0 Å². The van der Waals surface area contributed by atoms with Crippen molar-refractivity contribution in [3.8, 4) is 5.75 Å². The second-order valence-corrected chi connectivity index (χ2v) is 4.95. The van der Waals surface area contributed by atoms with Gasteiger partial charge in [0.25, 0.3) is 0 Å². The molecule has 5 nitrogen and oxygen atoms in total. The number of aromatic amines is 1. The molecule has 0 saturated heterocycles. The summed E-state index contributed by atoms with van der Waals surface area (Å²) in [7, 11) is 0. The predicted molar refractivity (Wildman–Crippen MR) is 81.6 cm³/mol. The van der Waals surface area contributed by atoms with Crippen LogP contribution in [-0.4, -0.2) is 28.6 Å². The molecule has 6 heteroatoms. The van der Waals surface area contributed by atoms with Gasteiger partial charge >= 0.3 is 0 Å². The molecular weight excluding hydrogens is 274 g/mol. The zero-order valence-electron chi connectivity index (χ0n) is 11.7. The third-order valence-electron chi connectivity index (χ3n) is 2.94. The van der Waals surface area contributed by atoms with Gasteiger partial charge in [-0.05, 0) is 30.8 Å². The van der Waals surface area contributed by atoms with E-state index in [2.05, 4.69) is 17.2 Å². The lowest BCUT2D eigenvalue weighted by atomic mass is 10.3. The average molecular weight is 293 g/mol. The summed E-state index contributed by atoms with van der Waals surface area (Å²) < 4.78 is 8.33. The fourth-order valence-electron chi connectivity index (χ4n) is 2.05. The molecule has 2 N–H and O–H groups in total. The molecule has 0 aliphatic carbocycles. The molecule has 1 aromatic carbocycles. The lowest BCUT2D eigenvalue weighted by molar-refractivity contribution is -0.118. The van der Waals surface area contributed by atoms with Crippen LogP contribution in [0.15, 0.2) is 18.2 Å². The van der Waals surface area contributed by atoms with E-state index in [0.29, 0.717) is 24.5 Å². The summed E-state index contributed by atoms with van der Waals surface area (Å²) in [6, 6.07) is 5.88. The molecular formula is C14H19N3O2S. The van der Waals surface area contributed by atoms with E-state index in [-0.39, 0.29) is 5.91 Å². The smallest absolute Gasteiger partial charge is 0.216 e. The van der Waals surface area contributed by atoms with Crippen molar-refractivity contribution < 1.29 is 9.53 Å². The van der Waals surface area contributed by atoms with Gasteiger partial charge in [0.15, 0.2) is 4.77 Å². The molecule has 0 spiro atoms. The highest BCUT2D eigenvalue weighted by atomic mass is 32.1. The summed E-state index contributed by atoms with van der Waals surface area (Å²) in [4.78, 5) is 14.1. The average Bonchev–Trinajstić information content (AvgIpc) is 2.73. The van der Waals surface area contributed by atoms with Gasteiger partial charge in [-0.2, -0.15) is 0 Å². The van der Waals surface area contributed by atoms with Gasteiger partial charge in [0.05, 0.1) is 12.1 Å². The van der Waals surface area contributed by atoms with E-state index in [1.165, 1.54) is 6.92 Å². The van der Waals surface area contributed by atoms with Crippen molar-refractivity contribution in [2.24, 2.45) is 0 Å². The number of aromatic nitrogens is 2. The number of ether oxygens (including phenoxy) is 1. The van der Waals surface area contributed by atoms with Crippen molar-refractivity contribution in [1.82, 2.24) is 14.9 Å². The largest absolute Gasteiger partial charge is 0.491 e. The van der Waals surface area contributed by atoms with E-state index in [1.807, 2.05) is 22.8 Å². The van der Waals surface area contributed by atoms with Crippen molar-refractivity contribution in [1.29, 1.82) is 0 Å². The second kappa shape index (κ2) is 6.56. The maximum Gasteiger partial charge on any atom is 0.216 e. The summed E-state index contributed by atoms with van der Waals surface area (Å²) in [5, 5.41) is 2.77. The summed E-state index contributed by atoms with van der Waals surface area (Å²) in [5.74, 6) is 0.775. The van der Waals surface area contributed by atoms with Crippen LogP contribution in [0.4, 0.5) is 0 Å². The fourth-order valence-corrected chi connectivity index (χ4v) is 2.34. The zero-order chi connectivity index (χ0) is 14.5. The number of H-pyrrole nitrogens is 1. The second-order valence-electron chi connectivity index (χ2n) is 4.56. The Morgan fingerprint density at radius 2 is 2.30 bits per heavy atom. The maximum atomic E-state index is 10.9. The highest BCUT2D eigenvalue weighted by Crippen LogP contribution is 2.24. The van der Waals surface area contributed by atoms with E-state index in [4.69, 9.17) is 17.0 Å². The highest BCUT2D eigenvalue weighted by Gasteiger charge is 2.09. The molecule has 0 saturated carbocycles. The first kappa shape index (κ1) is 14.6. The number of hydrogen-bond donors (Lipinski definition) is 2. The first-order valence-electron chi connectivity index (χ1n) is 6.72. The number of amides is 1. The van der Waals surface area contributed by atoms with Crippen molar-refractivity contribution in [2.45, 2.75) is 26.8 Å². The van der Waals surface area contributed by atoms with Crippen LogP contribution in [0.2, 0.25) is 0 Å². The molecule has 0 fully saturated rings. The van der Waals surface area contributed by atoms with Crippen LogP contribution in [0.5, 0.6) is 5.75 Å². The number of imidazole rings is 1. The van der Waals surface area contributed by atoms with E-state index < -0.39 is 0 Å². The molecule has 1 amide bonds. The summed E-state index contributed by atoms with van der Waals surface area (Å²) in [6.07, 6.45) is 0.959. The number of nitrogens with one attached hydrogen (secondary N) is 2. The Hall–Kier alpha value is -1.82. The zero-order valence-corrected chi connectivity index (χ0v) is 12.5. The van der Waals surface area contributed by atoms with Crippen LogP contribution in [0.1, 0.15) is 20.3 Å². The quantitative estimate of drug-likeness (QED) is 0.805. The molecule has 2 rings (SSSR count). The number of para-hydroxylation sites is 1. The lowest BCUT2D eigenvalue weighted by Crippen LogP contribution is -2.24. The fraction of sp³-hybridized carbons (Fsp3) is 0.429. The molecule has 0 aliphatic heterocycles. The first-order valence-corrected chi connectivity index (χ1v) is 7.13. The topological polar surface area (TPSA) is 59.0 Å². The minimum atomic E-state index is -0.0386. The number of hydrogen-bond acceptors (Lipinski definition) is 3. The predicted octanol–water partition coefficient (Wildman–Crippen LogP) is 2.62. The number of carbonyl (C=O) groups excluding carboxylic acids is 1. The Morgan fingerprint density at radius 1 is 1.50 bits per heavy atom. The SMILES string of the molecule is CCCOc1cccc2c1[nH]c(=S)n2CCNC(C)=O. The molecule has 0 aliphatic rings. The monoisotopic (exact) mass is 293 g/mol. The summed E-state index contributed by atoms with van der Waals surface area (Å²) >= 11 is 5.34. The number of carbonyl (C=O) groups is 1. The first-order chi connectivity index (χ1) is 9.63. The molecule has 1 aromatic heterocycles. The van der Waals surface area contributed by atoms with Gasteiger partial charge in [0.2, 0.25) is 5.91 Å². The molecule has 0 bridgehead atoms. The number of fused-ring (bicyclic) bond motifs is 1. The van der Waals surface area contributed by atoms with Crippen LogP contribution in [0.3, 0.4) is 0 Å². The van der Waals surface area contributed by atoms with Crippen LogP contribution in [-0.2, 0) is 11.3 Å². The number of nitrogens with zero attached hydrogens (tertiary/aromatic N) is 1. The van der Waals surface area contributed by atoms with Crippen LogP contribution >= 0.6 is 12.2 Å². The van der Waals surface area contributed by atoms with Crippen LogP contribution in [0.25, 0.3) is 11.0 Å². The summed E-state index contributed by atoms with van der Waals surface area (Å²) in [6.45, 7) is 5.44. The molecule has 0 radical (unpaired) electrons. The highest BCUT2D eigenvalue weighted by molar-refractivity contribution is 7.71. The van der Waals surface area contributed by atoms with Gasteiger partial charge in [-0.3, -0.25) is 4.79 Å². The standard InChI is InChI=1S/C14H19N3O2S/c1-3-9-19-12-6-4-5-11-13(12)16-14(20)17(11)8-7-15-10(2)18/h4-6H,3,7-9H2,1-2H3,(H,15,18)(H,16,20). The normalized spacial score (nSPS) is 10.7. The molecule has 0 unspecified atom stereocenters. The van der Waals surface area contributed by atoms with E-state index in [0.717, 1.165) is 23.2 Å². The van der Waals surface area contributed by atoms with Crippen LogP contribution in [0, 0.1) is 4.77 Å². The Labute approximate surface area is 122 Å². The summed E-state index contributed by atoms with van der Waals surface area (Å²) in [5.41, 5.74) is 1.91. The molecule has 0 atom stereocenters. The minimum absolute atomic E-state index is 0.0386. The third kappa shape index (κ3) is 3.19. The van der Waals surface area contributed by atoms with Gasteiger partial charge in [0, 0.05) is 20.0 Å². The Morgan fingerprint density at radius 3 is 3.00 bits per heavy atom.